The fourth-order valence-electron chi connectivity index (χ4n) is 10.9. The highest BCUT2D eigenvalue weighted by Crippen LogP contribution is 2.49. The van der Waals surface area contributed by atoms with E-state index in [2.05, 4.69) is 96.9 Å². The molecule has 3 fully saturated rings. The molecule has 3 rings (SSSR count). The van der Waals surface area contributed by atoms with Crippen molar-refractivity contribution < 1.29 is 51.4 Å². The fourth-order valence-corrected chi connectivity index (χ4v) is 48.6. The summed E-state index contributed by atoms with van der Waals surface area (Å²) in [5.74, 6) is 4.04. The van der Waals surface area contributed by atoms with E-state index in [-0.39, 0.29) is 18.1 Å². The Morgan fingerprint density at radius 2 is 0.347 bits per heavy atom. The molecule has 3 aliphatic rings. The summed E-state index contributed by atoms with van der Waals surface area (Å²) >= 11 is 0. The average molecular weight is 1180 g/mol. The Morgan fingerprint density at radius 1 is 0.200 bits per heavy atom. The third kappa shape index (κ3) is 28.7. The zero-order chi connectivity index (χ0) is 55.7. The van der Waals surface area contributed by atoms with Crippen LogP contribution in [0.15, 0.2) is 0 Å². The fraction of sp³-hybridized carbons (Fsp3) is 1.00. The Balaban J connectivity index is 2.43. The van der Waals surface area contributed by atoms with Crippen molar-refractivity contribution >= 4 is 61.6 Å². The maximum atomic E-state index is 13.6. The van der Waals surface area contributed by atoms with Crippen LogP contribution in [-0.4, -0.2) is 76.0 Å². The van der Waals surface area contributed by atoms with E-state index in [1.54, 1.807) is 0 Å². The summed E-state index contributed by atoms with van der Waals surface area (Å²) in [5.41, 5.74) is 0. The van der Waals surface area contributed by atoms with Gasteiger partial charge in [0.05, 0.1) is 0 Å². The number of rotatable bonds is 42. The van der Waals surface area contributed by atoms with E-state index in [9.17, 15) is 14.4 Å². The average Bonchev–Trinajstić information content (AvgIpc) is 3.26. The second-order valence-corrected chi connectivity index (χ2v) is 47.3. The molecule has 3 heterocycles. The van der Waals surface area contributed by atoms with Crippen molar-refractivity contribution in [1.29, 1.82) is 0 Å². The zero-order valence-electron chi connectivity index (χ0n) is 51.3. The molecule has 12 nitrogen and oxygen atoms in total. The lowest BCUT2D eigenvalue weighted by Gasteiger charge is -2.57. The first-order valence-corrected chi connectivity index (χ1v) is 45.4. The molecular formula is C56H122O12Si7. The highest BCUT2D eigenvalue weighted by atomic mass is 28.6. The zero-order valence-corrected chi connectivity index (χ0v) is 58.3. The molecule has 0 aliphatic carbocycles. The highest BCUT2D eigenvalue weighted by Gasteiger charge is 2.76. The molecule has 0 aromatic rings. The second-order valence-electron chi connectivity index (χ2n) is 26.7. The normalized spacial score (nSPS) is 29.6. The summed E-state index contributed by atoms with van der Waals surface area (Å²) in [5, 5.41) is 0. The molecule has 0 amide bonds. The highest BCUT2D eigenvalue weighted by molar-refractivity contribution is 6.98. The van der Waals surface area contributed by atoms with Gasteiger partial charge >= 0.3 is 61.6 Å². The van der Waals surface area contributed by atoms with E-state index in [0.29, 0.717) is 84.9 Å². The smallest absolute Gasteiger partial charge is 0.391 e. The minimum atomic E-state index is -4.39. The van der Waals surface area contributed by atoms with E-state index in [4.69, 9.17) is 37.0 Å². The molecule has 0 aromatic carbocycles. The summed E-state index contributed by atoms with van der Waals surface area (Å²) in [7, 11) is -29.9. The summed E-state index contributed by atoms with van der Waals surface area (Å²) in [6.45, 7) is 31.7. The van der Waals surface area contributed by atoms with Crippen LogP contribution in [0, 0.1) is 41.4 Å². The Kier molecular flexibility index (Phi) is 33.0. The molecule has 0 unspecified atom stereocenters. The van der Waals surface area contributed by atoms with Gasteiger partial charge in [0, 0.05) is 42.3 Å². The van der Waals surface area contributed by atoms with E-state index < -0.39 is 61.6 Å². The first kappa shape index (κ1) is 70.3. The largest absolute Gasteiger partial charge is 0.483 e. The van der Waals surface area contributed by atoms with Gasteiger partial charge in [0.15, 0.2) is 0 Å². The molecule has 3 aliphatic heterocycles. The van der Waals surface area contributed by atoms with Gasteiger partial charge < -0.3 is 51.4 Å². The summed E-state index contributed by atoms with van der Waals surface area (Å²) in [6.07, 6.45) is 26.3. The molecule has 0 spiro atoms. The molecule has 0 aromatic heterocycles. The molecule has 0 saturated carbocycles. The predicted molar refractivity (Wildman–Crippen MR) is 323 cm³/mol. The molecule has 0 radical (unpaired) electrons. The van der Waals surface area contributed by atoms with E-state index in [1.807, 2.05) is 0 Å². The lowest BCUT2D eigenvalue weighted by molar-refractivity contribution is 0.00690. The van der Waals surface area contributed by atoms with Crippen LogP contribution in [-0.2, 0) is 37.0 Å². The molecular weight excluding hydrogens is 1060 g/mol. The van der Waals surface area contributed by atoms with Gasteiger partial charge in [-0.25, -0.2) is 0 Å². The van der Waals surface area contributed by atoms with Crippen molar-refractivity contribution in [3.05, 3.63) is 0 Å². The van der Waals surface area contributed by atoms with Gasteiger partial charge in [0.2, 0.25) is 0 Å². The van der Waals surface area contributed by atoms with E-state index in [0.717, 1.165) is 161 Å². The first-order valence-electron chi connectivity index (χ1n) is 31.8. The third-order valence-electron chi connectivity index (χ3n) is 15.2. The van der Waals surface area contributed by atoms with Gasteiger partial charge in [-0.05, 0) is 86.4 Å². The van der Waals surface area contributed by atoms with Gasteiger partial charge in [-0.3, -0.25) is 0 Å². The van der Waals surface area contributed by atoms with Crippen molar-refractivity contribution in [2.75, 3.05) is 0 Å². The first-order chi connectivity index (χ1) is 35.3. The lowest BCUT2D eigenvalue weighted by Crippen LogP contribution is -2.82. The van der Waals surface area contributed by atoms with Crippen LogP contribution in [0.25, 0.3) is 0 Å². The SMILES string of the molecule is CC(C)CCCCC[Si]1(O)O[Si]2(CCCCCC(C)C)O[Si](O)(CCCCCC(C)C)O[Si]3(CCCCCC(C)C)O[Si](O)(CCCCCC(C)C)O[Si](CCCCCC(C)C)(O1)O[Si](CCCCCC(C)C)(O2)O3. The van der Waals surface area contributed by atoms with Crippen LogP contribution in [0.2, 0.25) is 42.3 Å². The maximum Gasteiger partial charge on any atom is 0.483 e. The summed E-state index contributed by atoms with van der Waals surface area (Å²) in [6, 6.07) is 2.37. The maximum absolute atomic E-state index is 13.6. The van der Waals surface area contributed by atoms with Gasteiger partial charge in [-0.15, -0.1) is 0 Å². The van der Waals surface area contributed by atoms with E-state index in [1.165, 1.54) is 0 Å². The standard InChI is InChI=1S/C56H122O12Si7/c1-50(2)36-22-15-29-43-69(57)60-72(46-32-18-25-39-53(7)8)62-70(58,44-30-16-23-37-51(3)4)64-74(48-34-20-27-41-55(11)12)65-71(59,45-31-17-24-38-52(5)6)63-73(61-69,47-33-19-26-40-54(9)10)67-75(66-72,68-74)49-35-21-28-42-56(13)14/h50-59H,15-49H2,1-14H3. The minimum Gasteiger partial charge on any atom is -0.391 e. The van der Waals surface area contributed by atoms with Gasteiger partial charge in [0.25, 0.3) is 0 Å². The van der Waals surface area contributed by atoms with Crippen molar-refractivity contribution in [1.82, 2.24) is 0 Å². The van der Waals surface area contributed by atoms with Crippen LogP contribution >= 0.6 is 0 Å². The van der Waals surface area contributed by atoms with Crippen LogP contribution in [0.4, 0.5) is 0 Å². The summed E-state index contributed by atoms with van der Waals surface area (Å²) < 4.78 is 68.8. The molecule has 3 saturated heterocycles. The Morgan fingerprint density at radius 3 is 0.507 bits per heavy atom. The molecule has 3 N–H and O–H groups in total. The quantitative estimate of drug-likeness (QED) is 0.0395. The lowest BCUT2D eigenvalue weighted by atomic mass is 10.1. The predicted octanol–water partition coefficient (Wildman–Crippen LogP) is 17.2. The van der Waals surface area contributed by atoms with Crippen molar-refractivity contribution in [3.8, 4) is 0 Å². The number of hydrogen-bond acceptors (Lipinski definition) is 12. The van der Waals surface area contributed by atoms with Crippen LogP contribution in [0.1, 0.15) is 277 Å². The third-order valence-corrected chi connectivity index (χ3v) is 44.6. The minimum absolute atomic E-state index is 0.264. The second kappa shape index (κ2) is 35.2. The molecule has 75 heavy (non-hydrogen) atoms. The van der Waals surface area contributed by atoms with Crippen LogP contribution < -0.4 is 0 Å². The van der Waals surface area contributed by atoms with Crippen LogP contribution in [0.3, 0.4) is 0 Å². The van der Waals surface area contributed by atoms with Crippen molar-refractivity contribution in [2.45, 2.75) is 319 Å². The van der Waals surface area contributed by atoms with Crippen molar-refractivity contribution in [2.24, 2.45) is 41.4 Å². The topological polar surface area (TPSA) is 144 Å². The Hall–Kier alpha value is 1.04. The Labute approximate surface area is 470 Å². The molecule has 446 valence electrons. The van der Waals surface area contributed by atoms with E-state index >= 15 is 0 Å². The number of hydrogen-bond donors (Lipinski definition) is 3. The monoisotopic (exact) mass is 1180 g/mol. The van der Waals surface area contributed by atoms with Crippen molar-refractivity contribution in [3.63, 3.8) is 0 Å². The summed E-state index contributed by atoms with van der Waals surface area (Å²) in [4.78, 5) is 40.9. The van der Waals surface area contributed by atoms with Gasteiger partial charge in [-0.1, -0.05) is 232 Å². The molecule has 4 bridgehead atoms. The van der Waals surface area contributed by atoms with Crippen LogP contribution in [0.5, 0.6) is 0 Å². The molecule has 0 atom stereocenters. The molecule has 19 heteroatoms. The number of fused-ring (bicyclic) bond motifs is 3. The Bertz CT molecular complexity index is 1320. The van der Waals surface area contributed by atoms with Gasteiger partial charge in [-0.2, -0.15) is 0 Å². The van der Waals surface area contributed by atoms with Gasteiger partial charge in [0.1, 0.15) is 0 Å². The number of unbranched alkanes of at least 4 members (excludes halogenated alkanes) is 14.